The van der Waals surface area contributed by atoms with E-state index in [0.29, 0.717) is 30.3 Å². The van der Waals surface area contributed by atoms with Gasteiger partial charge in [-0.05, 0) is 31.9 Å². The van der Waals surface area contributed by atoms with Crippen molar-refractivity contribution in [3.8, 4) is 0 Å². The number of aliphatic imine (C=N–C) groups is 1. The normalized spacial score (nSPS) is 17.0. The minimum atomic E-state index is -0.200. The average molecular weight is 362 g/mol. The van der Waals surface area contributed by atoms with Crippen molar-refractivity contribution < 1.29 is 9.53 Å². The third kappa shape index (κ3) is 5.26. The van der Waals surface area contributed by atoms with Crippen LogP contribution in [0.4, 0.5) is 0 Å². The largest absolute Gasteiger partial charge is 0.379 e. The molecule has 1 fully saturated rings. The lowest BCUT2D eigenvalue weighted by atomic mass is 10.1. The van der Waals surface area contributed by atoms with E-state index < -0.39 is 0 Å². The van der Waals surface area contributed by atoms with Crippen LogP contribution in [-0.4, -0.2) is 56.4 Å². The van der Waals surface area contributed by atoms with Crippen molar-refractivity contribution in [2.75, 3.05) is 32.8 Å². The molecule has 2 rings (SSSR count). The fourth-order valence-corrected chi connectivity index (χ4v) is 3.00. The van der Waals surface area contributed by atoms with Crippen molar-refractivity contribution in [3.63, 3.8) is 0 Å². The molecule has 0 saturated carbocycles. The highest BCUT2D eigenvalue weighted by molar-refractivity contribution is 6.33. The summed E-state index contributed by atoms with van der Waals surface area (Å²) in [6, 6.07) is 5.31. The zero-order chi connectivity index (χ0) is 18.2. The Labute approximate surface area is 154 Å². The van der Waals surface area contributed by atoms with E-state index in [1.807, 2.05) is 19.1 Å². The Kier molecular flexibility index (Phi) is 7.37. The summed E-state index contributed by atoms with van der Waals surface area (Å²) in [5.41, 5.74) is 2.23. The summed E-state index contributed by atoms with van der Waals surface area (Å²) in [5.74, 6) is -0.200. The molecule has 0 bridgehead atoms. The monoisotopic (exact) mass is 361 g/mol. The molecular formula is C19H24ClN3O2. The zero-order valence-electron chi connectivity index (χ0n) is 14.5. The summed E-state index contributed by atoms with van der Waals surface area (Å²) >= 11 is 6.15. The average Bonchev–Trinajstić information content (AvgIpc) is 2.63. The van der Waals surface area contributed by atoms with Crippen LogP contribution in [-0.2, 0) is 4.74 Å². The van der Waals surface area contributed by atoms with Crippen molar-refractivity contribution in [1.29, 1.82) is 0 Å². The van der Waals surface area contributed by atoms with Crippen LogP contribution in [0.2, 0.25) is 5.02 Å². The number of nitrogens with zero attached hydrogens (tertiary/aromatic N) is 2. The van der Waals surface area contributed by atoms with Crippen molar-refractivity contribution in [2.45, 2.75) is 13.0 Å². The molecule has 1 aromatic carbocycles. The molecule has 0 aromatic heterocycles. The number of morpholine rings is 1. The van der Waals surface area contributed by atoms with Crippen LogP contribution in [0.25, 0.3) is 0 Å². The van der Waals surface area contributed by atoms with Gasteiger partial charge in [-0.3, -0.25) is 14.7 Å². The van der Waals surface area contributed by atoms with Crippen LogP contribution in [0, 0.1) is 6.92 Å². The van der Waals surface area contributed by atoms with Crippen LogP contribution in [0.5, 0.6) is 0 Å². The van der Waals surface area contributed by atoms with Gasteiger partial charge in [0.25, 0.3) is 5.91 Å². The maximum atomic E-state index is 12.5. The van der Waals surface area contributed by atoms with Gasteiger partial charge in [0.1, 0.15) is 0 Å². The molecule has 1 saturated heterocycles. The molecule has 0 aliphatic carbocycles. The highest BCUT2D eigenvalue weighted by Crippen LogP contribution is 2.18. The quantitative estimate of drug-likeness (QED) is 0.600. The van der Waals surface area contributed by atoms with Gasteiger partial charge in [-0.2, -0.15) is 0 Å². The summed E-state index contributed by atoms with van der Waals surface area (Å²) in [4.78, 5) is 18.9. The highest BCUT2D eigenvalue weighted by atomic mass is 35.5. The molecule has 5 nitrogen and oxygen atoms in total. The first-order valence-electron chi connectivity index (χ1n) is 8.22. The molecule has 0 spiro atoms. The van der Waals surface area contributed by atoms with Crippen molar-refractivity contribution in [2.24, 2.45) is 4.99 Å². The first-order valence-corrected chi connectivity index (χ1v) is 8.60. The summed E-state index contributed by atoms with van der Waals surface area (Å²) in [6.45, 7) is 12.6. The Morgan fingerprint density at radius 1 is 1.48 bits per heavy atom. The Bertz CT molecular complexity index is 667. The lowest BCUT2D eigenvalue weighted by molar-refractivity contribution is 0.0235. The van der Waals surface area contributed by atoms with Gasteiger partial charge in [0.2, 0.25) is 0 Å². The second-order valence-corrected chi connectivity index (χ2v) is 6.25. The van der Waals surface area contributed by atoms with E-state index in [-0.39, 0.29) is 11.9 Å². The van der Waals surface area contributed by atoms with Crippen LogP contribution in [0.3, 0.4) is 0 Å². The Morgan fingerprint density at radius 2 is 2.20 bits per heavy atom. The number of benzene rings is 1. The number of amides is 1. The maximum Gasteiger partial charge on any atom is 0.252 e. The molecule has 1 atom stereocenters. The van der Waals surface area contributed by atoms with Gasteiger partial charge in [0.15, 0.2) is 0 Å². The van der Waals surface area contributed by atoms with Crippen LogP contribution >= 0.6 is 11.6 Å². The van der Waals surface area contributed by atoms with Gasteiger partial charge in [-0.15, -0.1) is 0 Å². The van der Waals surface area contributed by atoms with Crippen LogP contribution in [0.1, 0.15) is 15.9 Å². The second kappa shape index (κ2) is 9.51. The molecule has 6 heteroatoms. The lowest BCUT2D eigenvalue weighted by Crippen LogP contribution is -2.49. The number of rotatable bonds is 7. The standard InChI is InChI=1S/C19H24ClN3O2/c1-4-5-17(21-3)18(23-8-10-25-11-9-23)13-22-19(24)15-12-14(2)6-7-16(15)20/h4-7,12,18H,1,3,8-11,13H2,2H3,(H,22,24). The number of halogens is 1. The Hall–Kier alpha value is -1.95. The minimum absolute atomic E-state index is 0.0908. The molecule has 1 aliphatic rings. The highest BCUT2D eigenvalue weighted by Gasteiger charge is 2.25. The summed E-state index contributed by atoms with van der Waals surface area (Å²) in [6.07, 6.45) is 3.50. The summed E-state index contributed by atoms with van der Waals surface area (Å²) < 4.78 is 5.41. The molecule has 1 amide bonds. The number of allylic oxidation sites excluding steroid dienone is 2. The first kappa shape index (κ1) is 19.4. The van der Waals surface area contributed by atoms with Gasteiger partial charge in [-0.25, -0.2) is 0 Å². The number of carbonyl (C=O) groups excluding carboxylic acids is 1. The molecule has 134 valence electrons. The molecular weight excluding hydrogens is 338 g/mol. The van der Waals surface area contributed by atoms with Crippen LogP contribution < -0.4 is 5.32 Å². The van der Waals surface area contributed by atoms with Crippen LogP contribution in [0.15, 0.2) is 47.6 Å². The topological polar surface area (TPSA) is 53.9 Å². The summed E-state index contributed by atoms with van der Waals surface area (Å²) in [7, 11) is 0. The van der Waals surface area contributed by atoms with E-state index in [1.165, 1.54) is 0 Å². The van der Waals surface area contributed by atoms with E-state index >= 15 is 0 Å². The molecule has 1 aromatic rings. The second-order valence-electron chi connectivity index (χ2n) is 5.84. The van der Waals surface area contributed by atoms with Crippen molar-refractivity contribution in [1.82, 2.24) is 10.2 Å². The van der Waals surface area contributed by atoms with E-state index in [1.54, 1.807) is 18.2 Å². The third-order valence-corrected chi connectivity index (χ3v) is 4.45. The molecule has 25 heavy (non-hydrogen) atoms. The molecule has 1 aliphatic heterocycles. The first-order chi connectivity index (χ1) is 12.1. The van der Waals surface area contributed by atoms with Crippen molar-refractivity contribution >= 4 is 24.2 Å². The van der Waals surface area contributed by atoms with Gasteiger partial charge < -0.3 is 10.1 Å². The van der Waals surface area contributed by atoms with E-state index in [9.17, 15) is 4.79 Å². The predicted molar refractivity (Wildman–Crippen MR) is 103 cm³/mol. The van der Waals surface area contributed by atoms with Gasteiger partial charge in [-0.1, -0.05) is 35.9 Å². The number of ether oxygens (including phenoxy) is 1. The number of hydrogen-bond acceptors (Lipinski definition) is 4. The molecule has 0 radical (unpaired) electrons. The van der Waals surface area contributed by atoms with E-state index in [4.69, 9.17) is 16.3 Å². The predicted octanol–water partition coefficient (Wildman–Crippen LogP) is 2.85. The molecule has 1 N–H and O–H groups in total. The molecule has 1 heterocycles. The number of aryl methyl sites for hydroxylation is 1. The molecule has 1 unspecified atom stereocenters. The Balaban J connectivity index is 2.14. The van der Waals surface area contributed by atoms with Crippen molar-refractivity contribution in [3.05, 3.63) is 58.8 Å². The van der Waals surface area contributed by atoms with E-state index in [2.05, 4.69) is 28.5 Å². The van der Waals surface area contributed by atoms with Gasteiger partial charge >= 0.3 is 0 Å². The Morgan fingerprint density at radius 3 is 2.84 bits per heavy atom. The van der Waals surface area contributed by atoms with Gasteiger partial charge in [0.05, 0.1) is 35.5 Å². The maximum absolute atomic E-state index is 12.5. The number of hydrogen-bond donors (Lipinski definition) is 1. The SMILES string of the molecule is C=CC=C(N=C)C(CNC(=O)c1cc(C)ccc1Cl)N1CCOCC1. The van der Waals surface area contributed by atoms with E-state index in [0.717, 1.165) is 24.4 Å². The lowest BCUT2D eigenvalue weighted by Gasteiger charge is -2.34. The zero-order valence-corrected chi connectivity index (χ0v) is 15.3. The fraction of sp³-hybridized carbons (Fsp3) is 0.368. The third-order valence-electron chi connectivity index (χ3n) is 4.12. The smallest absolute Gasteiger partial charge is 0.252 e. The summed E-state index contributed by atoms with van der Waals surface area (Å²) in [5, 5.41) is 3.41. The minimum Gasteiger partial charge on any atom is -0.379 e. The number of carbonyl (C=O) groups is 1. The number of nitrogens with one attached hydrogen (secondary N) is 1. The fourth-order valence-electron chi connectivity index (χ4n) is 2.80. The van der Waals surface area contributed by atoms with Gasteiger partial charge in [0, 0.05) is 19.6 Å².